The van der Waals surface area contributed by atoms with E-state index in [1.807, 2.05) is 6.07 Å². The number of hydrogen-bond donors (Lipinski definition) is 2. The lowest BCUT2D eigenvalue weighted by Gasteiger charge is -2.18. The molecule has 0 saturated carbocycles. The average molecular weight is 471 g/mol. The van der Waals surface area contributed by atoms with Crippen molar-refractivity contribution in [1.29, 1.82) is 5.26 Å². The van der Waals surface area contributed by atoms with Gasteiger partial charge in [0.2, 0.25) is 10.0 Å². The highest BCUT2D eigenvalue weighted by Gasteiger charge is 2.50. The lowest BCUT2D eigenvalue weighted by atomic mass is 10.1. The van der Waals surface area contributed by atoms with E-state index in [1.54, 1.807) is 30.3 Å². The highest BCUT2D eigenvalue weighted by atomic mass is 32.2. The number of anilines is 1. The molecular weight excluding hydrogens is 450 g/mol. The molecule has 0 radical (unpaired) electrons. The molecule has 0 unspecified atom stereocenters. The summed E-state index contributed by atoms with van der Waals surface area (Å²) < 4.78 is 44.9. The minimum absolute atomic E-state index is 0.0251. The quantitative estimate of drug-likeness (QED) is 0.607. The SMILES string of the molecule is CC(=O)c1ccc(NC(=O)O[C@H]2CO[C@@H]3[C@@H]2OC[C@@H]3NS(=O)(=O)c2ccccc2C#N)cc1. The molecule has 2 aliphatic rings. The summed E-state index contributed by atoms with van der Waals surface area (Å²) in [6.45, 7) is 1.51. The predicted molar refractivity (Wildman–Crippen MR) is 115 cm³/mol. The molecule has 2 N–H and O–H groups in total. The van der Waals surface area contributed by atoms with Gasteiger partial charge in [-0.15, -0.1) is 0 Å². The number of fused-ring (bicyclic) bond motifs is 1. The maximum atomic E-state index is 12.8. The Bertz CT molecular complexity index is 1210. The number of nitriles is 1. The summed E-state index contributed by atoms with van der Waals surface area (Å²) in [4.78, 5) is 23.5. The lowest BCUT2D eigenvalue weighted by Crippen LogP contribution is -2.44. The average Bonchev–Trinajstić information content (AvgIpc) is 3.37. The second-order valence-corrected chi connectivity index (χ2v) is 9.32. The monoisotopic (exact) mass is 471 g/mol. The molecule has 2 heterocycles. The number of nitrogens with one attached hydrogen (secondary N) is 2. The molecule has 33 heavy (non-hydrogen) atoms. The molecule has 4 rings (SSSR count). The first kappa shape index (κ1) is 22.9. The third-order valence-electron chi connectivity index (χ3n) is 5.41. The van der Waals surface area contributed by atoms with Gasteiger partial charge in [-0.05, 0) is 43.3 Å². The van der Waals surface area contributed by atoms with Crippen LogP contribution in [-0.2, 0) is 24.2 Å². The van der Waals surface area contributed by atoms with Gasteiger partial charge < -0.3 is 14.2 Å². The molecule has 0 bridgehead atoms. The van der Waals surface area contributed by atoms with Crippen LogP contribution >= 0.6 is 0 Å². The molecule has 2 aromatic rings. The third kappa shape index (κ3) is 4.89. The summed E-state index contributed by atoms with van der Waals surface area (Å²) in [5.41, 5.74) is 1.00. The van der Waals surface area contributed by atoms with E-state index in [9.17, 15) is 23.3 Å². The molecule has 10 nitrogen and oxygen atoms in total. The maximum Gasteiger partial charge on any atom is 0.412 e. The van der Waals surface area contributed by atoms with Gasteiger partial charge in [0.1, 0.15) is 18.3 Å². The fourth-order valence-corrected chi connectivity index (χ4v) is 5.18. The smallest absolute Gasteiger partial charge is 0.412 e. The number of sulfonamides is 1. The van der Waals surface area contributed by atoms with Crippen LogP contribution in [0.5, 0.6) is 0 Å². The number of amides is 1. The van der Waals surface area contributed by atoms with Crippen molar-refractivity contribution in [3.8, 4) is 6.07 Å². The second-order valence-electron chi connectivity index (χ2n) is 7.63. The number of Topliss-reactive ketones (excluding diaryl/α,β-unsaturated/α-hetero) is 1. The van der Waals surface area contributed by atoms with Gasteiger partial charge in [0.05, 0.1) is 29.7 Å². The minimum atomic E-state index is -3.99. The Morgan fingerprint density at radius 2 is 1.76 bits per heavy atom. The van der Waals surface area contributed by atoms with E-state index in [4.69, 9.17) is 14.2 Å². The van der Waals surface area contributed by atoms with Gasteiger partial charge in [0, 0.05) is 11.3 Å². The minimum Gasteiger partial charge on any atom is -0.441 e. The molecular formula is C22H21N3O7S. The van der Waals surface area contributed by atoms with Crippen molar-refractivity contribution in [2.75, 3.05) is 18.5 Å². The number of rotatable bonds is 6. The zero-order chi connectivity index (χ0) is 23.6. The standard InChI is InChI=1S/C22H21N3O7S/c1-13(26)14-6-8-16(9-7-14)24-22(27)32-18-12-31-20-17(11-30-21(18)20)25-33(28,29)19-5-3-2-4-15(19)10-23/h2-9,17-18,20-21,25H,11-12H2,1H3,(H,24,27)/t17-,18-,20-,21+/m0/s1. The third-order valence-corrected chi connectivity index (χ3v) is 6.96. The van der Waals surface area contributed by atoms with Crippen LogP contribution in [0.3, 0.4) is 0 Å². The van der Waals surface area contributed by atoms with E-state index in [0.717, 1.165) is 0 Å². The van der Waals surface area contributed by atoms with Crippen LogP contribution in [0, 0.1) is 11.3 Å². The normalized spacial score (nSPS) is 24.0. The molecule has 1 amide bonds. The van der Waals surface area contributed by atoms with E-state index in [0.29, 0.717) is 11.3 Å². The fourth-order valence-electron chi connectivity index (χ4n) is 3.80. The van der Waals surface area contributed by atoms with Gasteiger partial charge >= 0.3 is 6.09 Å². The van der Waals surface area contributed by atoms with Gasteiger partial charge in [-0.25, -0.2) is 17.9 Å². The van der Waals surface area contributed by atoms with E-state index in [2.05, 4.69) is 10.0 Å². The topological polar surface area (TPSA) is 144 Å². The van der Waals surface area contributed by atoms with Gasteiger partial charge in [-0.1, -0.05) is 12.1 Å². The number of carbonyl (C=O) groups excluding carboxylic acids is 2. The molecule has 2 aliphatic heterocycles. The zero-order valence-electron chi connectivity index (χ0n) is 17.6. The largest absolute Gasteiger partial charge is 0.441 e. The van der Waals surface area contributed by atoms with Crippen molar-refractivity contribution in [2.24, 2.45) is 0 Å². The zero-order valence-corrected chi connectivity index (χ0v) is 18.4. The van der Waals surface area contributed by atoms with Crippen LogP contribution in [0.4, 0.5) is 10.5 Å². The number of hydrogen-bond acceptors (Lipinski definition) is 8. The molecule has 2 saturated heterocycles. The molecule has 4 atom stereocenters. The number of benzene rings is 2. The molecule has 2 aromatic carbocycles. The van der Waals surface area contributed by atoms with Crippen molar-refractivity contribution in [1.82, 2.24) is 4.72 Å². The Labute approximate surface area is 190 Å². The van der Waals surface area contributed by atoms with Gasteiger partial charge in [0.15, 0.2) is 11.9 Å². The number of nitrogens with zero attached hydrogens (tertiary/aromatic N) is 1. The number of carbonyl (C=O) groups is 2. The Morgan fingerprint density at radius 3 is 2.45 bits per heavy atom. The summed E-state index contributed by atoms with van der Waals surface area (Å²) in [6.07, 6.45) is -2.75. The van der Waals surface area contributed by atoms with Crippen LogP contribution in [0.1, 0.15) is 22.8 Å². The molecule has 2 fully saturated rings. The van der Waals surface area contributed by atoms with Gasteiger partial charge in [-0.3, -0.25) is 10.1 Å². The van der Waals surface area contributed by atoms with Crippen molar-refractivity contribution >= 4 is 27.6 Å². The Morgan fingerprint density at radius 1 is 1.06 bits per heavy atom. The summed E-state index contributed by atoms with van der Waals surface area (Å²) >= 11 is 0. The van der Waals surface area contributed by atoms with Crippen molar-refractivity contribution in [2.45, 2.75) is 36.2 Å². The van der Waals surface area contributed by atoms with E-state index < -0.39 is 40.5 Å². The fraction of sp³-hybridized carbons (Fsp3) is 0.318. The van der Waals surface area contributed by atoms with Crippen molar-refractivity contribution in [3.05, 3.63) is 59.7 Å². The summed E-state index contributed by atoms with van der Waals surface area (Å²) in [7, 11) is -3.99. The maximum absolute atomic E-state index is 12.8. The van der Waals surface area contributed by atoms with Crippen LogP contribution < -0.4 is 10.0 Å². The molecule has 0 aliphatic carbocycles. The van der Waals surface area contributed by atoms with E-state index in [1.165, 1.54) is 25.1 Å². The van der Waals surface area contributed by atoms with Crippen LogP contribution in [0.2, 0.25) is 0 Å². The first-order chi connectivity index (χ1) is 15.8. The lowest BCUT2D eigenvalue weighted by molar-refractivity contribution is 0.00883. The van der Waals surface area contributed by atoms with Crippen LogP contribution in [0.25, 0.3) is 0 Å². The van der Waals surface area contributed by atoms with E-state index >= 15 is 0 Å². The highest BCUT2D eigenvalue weighted by molar-refractivity contribution is 7.89. The Hall–Kier alpha value is -3.30. The summed E-state index contributed by atoms with van der Waals surface area (Å²) in [5, 5.41) is 11.8. The van der Waals surface area contributed by atoms with Crippen LogP contribution in [0.15, 0.2) is 53.4 Å². The van der Waals surface area contributed by atoms with Gasteiger partial charge in [0.25, 0.3) is 0 Å². The molecule has 11 heteroatoms. The molecule has 0 spiro atoms. The van der Waals surface area contributed by atoms with Gasteiger partial charge in [-0.2, -0.15) is 5.26 Å². The highest BCUT2D eigenvalue weighted by Crippen LogP contribution is 2.30. The number of ether oxygens (including phenoxy) is 3. The van der Waals surface area contributed by atoms with Crippen molar-refractivity contribution < 1.29 is 32.2 Å². The Balaban J connectivity index is 1.36. The first-order valence-electron chi connectivity index (χ1n) is 10.1. The predicted octanol–water partition coefficient (Wildman–Crippen LogP) is 1.82. The Kier molecular flexibility index (Phi) is 6.44. The number of ketones is 1. The van der Waals surface area contributed by atoms with Crippen LogP contribution in [-0.4, -0.2) is 57.9 Å². The second kappa shape index (κ2) is 9.29. The molecule has 0 aromatic heterocycles. The molecule has 172 valence electrons. The summed E-state index contributed by atoms with van der Waals surface area (Å²) in [6, 6.07) is 13.4. The van der Waals surface area contributed by atoms with Crippen molar-refractivity contribution in [3.63, 3.8) is 0 Å². The summed E-state index contributed by atoms with van der Waals surface area (Å²) in [5.74, 6) is -0.0852. The first-order valence-corrected chi connectivity index (χ1v) is 11.6. The van der Waals surface area contributed by atoms with E-state index in [-0.39, 0.29) is 29.5 Å².